The molecule has 0 heterocycles. The molecule has 1 aromatic rings. The van der Waals surface area contributed by atoms with Crippen LogP contribution in [0.15, 0.2) is 30.3 Å². The van der Waals surface area contributed by atoms with E-state index in [4.69, 9.17) is 10.5 Å². The molecule has 4 N–H and O–H groups in total. The molecular weight excluding hydrogens is 338 g/mol. The van der Waals surface area contributed by atoms with Gasteiger partial charge in [0.05, 0.1) is 13.2 Å². The van der Waals surface area contributed by atoms with Crippen molar-refractivity contribution >= 4 is 18.0 Å². The summed E-state index contributed by atoms with van der Waals surface area (Å²) in [6.07, 6.45) is 1.13. The molecule has 0 aliphatic heterocycles. The van der Waals surface area contributed by atoms with Crippen LogP contribution < -0.4 is 16.4 Å². The molecule has 0 fully saturated rings. The maximum atomic E-state index is 11.7. The summed E-state index contributed by atoms with van der Waals surface area (Å²) in [6, 6.07) is 7.93. The lowest BCUT2D eigenvalue weighted by Gasteiger charge is -2.17. The summed E-state index contributed by atoms with van der Waals surface area (Å²) in [5.41, 5.74) is 6.39. The Labute approximate surface area is 153 Å². The number of rotatable bonds is 10. The summed E-state index contributed by atoms with van der Waals surface area (Å²) in [5, 5.41) is 5.20. The van der Waals surface area contributed by atoms with Crippen molar-refractivity contribution in [3.8, 4) is 0 Å². The molecule has 144 valence electrons. The van der Waals surface area contributed by atoms with Crippen LogP contribution in [0.3, 0.4) is 0 Å². The summed E-state index contributed by atoms with van der Waals surface area (Å²) in [6.45, 7) is 2.15. The van der Waals surface area contributed by atoms with E-state index in [9.17, 15) is 14.4 Å². The number of alkyl carbamates (subject to hydrolysis) is 1. The van der Waals surface area contributed by atoms with E-state index in [1.807, 2.05) is 30.3 Å². The highest BCUT2D eigenvalue weighted by Gasteiger charge is 2.22. The van der Waals surface area contributed by atoms with Crippen molar-refractivity contribution in [2.24, 2.45) is 5.73 Å². The molecule has 0 aliphatic carbocycles. The van der Waals surface area contributed by atoms with Crippen LogP contribution in [0.25, 0.3) is 0 Å². The van der Waals surface area contributed by atoms with Gasteiger partial charge in [0.1, 0.15) is 12.6 Å². The Hall–Kier alpha value is -2.61. The number of hydrogen-bond donors (Lipinski definition) is 3. The minimum Gasteiger partial charge on any atom is -0.467 e. The fourth-order valence-electron chi connectivity index (χ4n) is 2.13. The van der Waals surface area contributed by atoms with Crippen molar-refractivity contribution in [2.75, 3.05) is 13.7 Å². The molecule has 26 heavy (non-hydrogen) atoms. The molecule has 0 unspecified atom stereocenters. The first-order chi connectivity index (χ1) is 12.4. The molecule has 8 nitrogen and oxygen atoms in total. The average molecular weight is 365 g/mol. The molecule has 0 bridgehead atoms. The monoisotopic (exact) mass is 365 g/mol. The molecule has 0 saturated carbocycles. The highest BCUT2D eigenvalue weighted by Crippen LogP contribution is 2.04. The van der Waals surface area contributed by atoms with Gasteiger partial charge in [0, 0.05) is 6.54 Å². The molecular formula is C18H27N3O5. The largest absolute Gasteiger partial charge is 0.467 e. The van der Waals surface area contributed by atoms with Crippen LogP contribution in [0, 0.1) is 0 Å². The predicted octanol–water partition coefficient (Wildman–Crippen LogP) is 1.09. The van der Waals surface area contributed by atoms with Crippen LogP contribution in [-0.4, -0.2) is 43.7 Å². The predicted molar refractivity (Wildman–Crippen MR) is 96.1 cm³/mol. The molecule has 0 aromatic heterocycles. The van der Waals surface area contributed by atoms with E-state index < -0.39 is 30.1 Å². The van der Waals surface area contributed by atoms with E-state index in [1.54, 1.807) is 0 Å². The van der Waals surface area contributed by atoms with Gasteiger partial charge in [0.15, 0.2) is 0 Å². The van der Waals surface area contributed by atoms with Crippen molar-refractivity contribution in [1.29, 1.82) is 0 Å². The lowest BCUT2D eigenvalue weighted by Crippen LogP contribution is -2.47. The van der Waals surface area contributed by atoms with Gasteiger partial charge in [-0.05, 0) is 31.7 Å². The Morgan fingerprint density at radius 3 is 2.46 bits per heavy atom. The van der Waals surface area contributed by atoms with Crippen LogP contribution in [0.4, 0.5) is 4.79 Å². The molecule has 2 atom stereocenters. The number of hydrogen-bond acceptors (Lipinski definition) is 6. The first kappa shape index (κ1) is 21.4. The standard InChI is InChI=1S/C18H27N3O5/c1-13(19)16(22)21-15(17(23)25-2)10-6-7-11-20-18(24)26-12-14-8-4-3-5-9-14/h3-5,8-9,13,15H,6-7,10-12,19H2,1-2H3,(H,20,24)(H,21,22)/t13-,15+/m0/s1. The number of methoxy groups -OCH3 is 1. The molecule has 0 aliphatic rings. The van der Waals surface area contributed by atoms with Crippen LogP contribution in [0.5, 0.6) is 0 Å². The van der Waals surface area contributed by atoms with E-state index in [0.29, 0.717) is 25.8 Å². The van der Waals surface area contributed by atoms with Crippen LogP contribution >= 0.6 is 0 Å². The second kappa shape index (κ2) is 11.9. The number of ether oxygens (including phenoxy) is 2. The Balaban J connectivity index is 2.22. The quantitative estimate of drug-likeness (QED) is 0.422. The smallest absolute Gasteiger partial charge is 0.407 e. The molecule has 2 amide bonds. The lowest BCUT2D eigenvalue weighted by atomic mass is 10.1. The van der Waals surface area contributed by atoms with Crippen LogP contribution in [-0.2, 0) is 25.7 Å². The number of amides is 2. The topological polar surface area (TPSA) is 120 Å². The minimum absolute atomic E-state index is 0.209. The highest BCUT2D eigenvalue weighted by molar-refractivity contribution is 5.87. The number of carbonyl (C=O) groups excluding carboxylic acids is 3. The van der Waals surface area contributed by atoms with E-state index in [0.717, 1.165) is 5.56 Å². The van der Waals surface area contributed by atoms with Gasteiger partial charge in [-0.1, -0.05) is 30.3 Å². The van der Waals surface area contributed by atoms with Gasteiger partial charge in [-0.3, -0.25) is 4.79 Å². The zero-order valence-corrected chi connectivity index (χ0v) is 15.2. The van der Waals surface area contributed by atoms with Gasteiger partial charge in [0.2, 0.25) is 5.91 Å². The third kappa shape index (κ3) is 8.48. The summed E-state index contributed by atoms with van der Waals surface area (Å²) in [7, 11) is 1.26. The molecule has 0 saturated heterocycles. The fourth-order valence-corrected chi connectivity index (χ4v) is 2.13. The zero-order chi connectivity index (χ0) is 19.4. The number of unbranched alkanes of at least 4 members (excludes halogenated alkanes) is 1. The van der Waals surface area contributed by atoms with Crippen molar-refractivity contribution in [2.45, 2.75) is 44.9 Å². The van der Waals surface area contributed by atoms with Gasteiger partial charge < -0.3 is 25.8 Å². The summed E-state index contributed by atoms with van der Waals surface area (Å²) >= 11 is 0. The first-order valence-corrected chi connectivity index (χ1v) is 8.52. The van der Waals surface area contributed by atoms with Crippen LogP contribution in [0.1, 0.15) is 31.7 Å². The van der Waals surface area contributed by atoms with E-state index in [-0.39, 0.29) is 6.61 Å². The fraction of sp³-hybridized carbons (Fsp3) is 0.500. The van der Waals surface area contributed by atoms with Gasteiger partial charge in [0.25, 0.3) is 0 Å². The van der Waals surface area contributed by atoms with Crippen molar-refractivity contribution in [3.63, 3.8) is 0 Å². The van der Waals surface area contributed by atoms with E-state index in [1.165, 1.54) is 14.0 Å². The second-order valence-corrected chi connectivity index (χ2v) is 5.86. The van der Waals surface area contributed by atoms with E-state index >= 15 is 0 Å². The van der Waals surface area contributed by atoms with Crippen molar-refractivity contribution < 1.29 is 23.9 Å². The molecule has 0 radical (unpaired) electrons. The van der Waals surface area contributed by atoms with Gasteiger partial charge in [-0.15, -0.1) is 0 Å². The molecule has 8 heteroatoms. The molecule has 1 rings (SSSR count). The lowest BCUT2D eigenvalue weighted by molar-refractivity contribution is -0.145. The number of nitrogens with two attached hydrogens (primary N) is 1. The van der Waals surface area contributed by atoms with Crippen LogP contribution in [0.2, 0.25) is 0 Å². The maximum absolute atomic E-state index is 11.7. The van der Waals surface area contributed by atoms with Gasteiger partial charge in [-0.2, -0.15) is 0 Å². The zero-order valence-electron chi connectivity index (χ0n) is 15.2. The number of nitrogens with one attached hydrogen (secondary N) is 2. The Bertz CT molecular complexity index is 577. The average Bonchev–Trinajstić information content (AvgIpc) is 2.65. The van der Waals surface area contributed by atoms with Crippen molar-refractivity contribution in [1.82, 2.24) is 10.6 Å². The minimum atomic E-state index is -0.747. The summed E-state index contributed by atoms with van der Waals surface area (Å²) in [4.78, 5) is 34.9. The Kier molecular flexibility index (Phi) is 9.78. The Morgan fingerprint density at radius 2 is 1.85 bits per heavy atom. The highest BCUT2D eigenvalue weighted by atomic mass is 16.5. The molecule has 0 spiro atoms. The third-order valence-corrected chi connectivity index (χ3v) is 3.62. The third-order valence-electron chi connectivity index (χ3n) is 3.62. The Morgan fingerprint density at radius 1 is 1.15 bits per heavy atom. The number of esters is 1. The van der Waals surface area contributed by atoms with Crippen molar-refractivity contribution in [3.05, 3.63) is 35.9 Å². The molecule has 1 aromatic carbocycles. The normalized spacial score (nSPS) is 12.6. The first-order valence-electron chi connectivity index (χ1n) is 8.52. The second-order valence-electron chi connectivity index (χ2n) is 5.86. The number of benzene rings is 1. The maximum Gasteiger partial charge on any atom is 0.407 e. The van der Waals surface area contributed by atoms with Gasteiger partial charge >= 0.3 is 12.1 Å². The number of carbonyl (C=O) groups is 3. The van der Waals surface area contributed by atoms with Gasteiger partial charge in [-0.25, -0.2) is 9.59 Å². The summed E-state index contributed by atoms with van der Waals surface area (Å²) < 4.78 is 9.77. The van der Waals surface area contributed by atoms with E-state index in [2.05, 4.69) is 15.4 Å². The summed E-state index contributed by atoms with van der Waals surface area (Å²) in [5.74, 6) is -0.933. The SMILES string of the molecule is COC(=O)[C@@H](CCCCNC(=O)OCc1ccccc1)NC(=O)[C@H](C)N.